The molecule has 29 heavy (non-hydrogen) atoms. The maximum Gasteiger partial charge on any atom is 0.258 e. The van der Waals surface area contributed by atoms with Crippen LogP contribution in [0.3, 0.4) is 0 Å². The molecular weight excluding hydrogens is 366 g/mol. The Bertz CT molecular complexity index is 1020. The van der Waals surface area contributed by atoms with E-state index in [0.29, 0.717) is 18.8 Å². The van der Waals surface area contributed by atoms with Gasteiger partial charge in [-0.15, -0.1) is 0 Å². The Balaban J connectivity index is 1.44. The van der Waals surface area contributed by atoms with Crippen LogP contribution in [0.2, 0.25) is 0 Å². The molecule has 1 unspecified atom stereocenters. The SMILES string of the molecule is O=C(c1cn[nH]c1-c1ccccc1)N1CCCC1c1ccc2c(c1)OCCCO2. The number of hydrogen-bond acceptors (Lipinski definition) is 4. The molecule has 3 aromatic rings. The highest BCUT2D eigenvalue weighted by Crippen LogP contribution is 2.39. The smallest absolute Gasteiger partial charge is 0.258 e. The van der Waals surface area contributed by atoms with Crippen LogP contribution in [-0.2, 0) is 0 Å². The van der Waals surface area contributed by atoms with Gasteiger partial charge < -0.3 is 14.4 Å². The number of H-pyrrole nitrogens is 1. The number of amides is 1. The molecule has 3 heterocycles. The molecule has 0 aliphatic carbocycles. The Labute approximate surface area is 169 Å². The summed E-state index contributed by atoms with van der Waals surface area (Å²) < 4.78 is 11.6. The number of aromatic amines is 1. The Morgan fingerprint density at radius 3 is 2.72 bits per heavy atom. The molecule has 2 aliphatic rings. The Morgan fingerprint density at radius 1 is 1.03 bits per heavy atom. The molecule has 5 rings (SSSR count). The molecule has 6 heteroatoms. The van der Waals surface area contributed by atoms with Crippen LogP contribution in [0.4, 0.5) is 0 Å². The first kappa shape index (κ1) is 17.8. The zero-order chi connectivity index (χ0) is 19.6. The van der Waals surface area contributed by atoms with Gasteiger partial charge in [0.1, 0.15) is 0 Å². The quantitative estimate of drug-likeness (QED) is 0.728. The summed E-state index contributed by atoms with van der Waals surface area (Å²) in [6.45, 7) is 2.06. The average molecular weight is 389 g/mol. The second-order valence-electron chi connectivity index (χ2n) is 7.44. The summed E-state index contributed by atoms with van der Waals surface area (Å²) in [5, 5.41) is 7.14. The molecule has 1 fully saturated rings. The van der Waals surface area contributed by atoms with Crippen molar-refractivity contribution in [1.29, 1.82) is 0 Å². The maximum atomic E-state index is 13.4. The van der Waals surface area contributed by atoms with Crippen molar-refractivity contribution >= 4 is 5.91 Å². The van der Waals surface area contributed by atoms with Crippen LogP contribution in [0, 0.1) is 0 Å². The average Bonchev–Trinajstić information content (AvgIpc) is 3.39. The van der Waals surface area contributed by atoms with Gasteiger partial charge in [-0.25, -0.2) is 0 Å². The Kier molecular flexibility index (Phi) is 4.68. The van der Waals surface area contributed by atoms with Gasteiger partial charge in [0, 0.05) is 18.5 Å². The standard InChI is InChI=1S/C23H23N3O3/c27-23(18-15-24-25-22(18)16-6-2-1-3-7-16)26-11-4-8-19(26)17-9-10-20-21(14-17)29-13-5-12-28-20/h1-3,6-7,9-10,14-15,19H,4-5,8,11-13H2,(H,24,25). The summed E-state index contributed by atoms with van der Waals surface area (Å²) in [5.41, 5.74) is 3.42. The van der Waals surface area contributed by atoms with Crippen molar-refractivity contribution in [2.24, 2.45) is 0 Å². The van der Waals surface area contributed by atoms with Gasteiger partial charge in [-0.3, -0.25) is 9.89 Å². The molecule has 1 saturated heterocycles. The summed E-state index contributed by atoms with van der Waals surface area (Å²) in [4.78, 5) is 15.4. The van der Waals surface area contributed by atoms with E-state index in [1.165, 1.54) is 0 Å². The van der Waals surface area contributed by atoms with E-state index in [1.54, 1.807) is 6.20 Å². The predicted octanol–water partition coefficient (Wildman–Crippen LogP) is 4.22. The molecule has 1 atom stereocenters. The van der Waals surface area contributed by atoms with E-state index in [9.17, 15) is 4.79 Å². The van der Waals surface area contributed by atoms with Gasteiger partial charge in [-0.1, -0.05) is 36.4 Å². The van der Waals surface area contributed by atoms with Crippen molar-refractivity contribution in [2.45, 2.75) is 25.3 Å². The number of nitrogens with zero attached hydrogens (tertiary/aromatic N) is 2. The summed E-state index contributed by atoms with van der Waals surface area (Å²) in [6, 6.07) is 15.9. The lowest BCUT2D eigenvalue weighted by Crippen LogP contribution is -2.30. The van der Waals surface area contributed by atoms with Crippen molar-refractivity contribution in [3.8, 4) is 22.8 Å². The third kappa shape index (κ3) is 3.35. The lowest BCUT2D eigenvalue weighted by atomic mass is 10.0. The van der Waals surface area contributed by atoms with E-state index < -0.39 is 0 Å². The highest BCUT2D eigenvalue weighted by molar-refractivity contribution is 6.00. The number of rotatable bonds is 3. The molecule has 1 N–H and O–H groups in total. The summed E-state index contributed by atoms with van der Waals surface area (Å²) in [7, 11) is 0. The van der Waals surface area contributed by atoms with Crippen molar-refractivity contribution < 1.29 is 14.3 Å². The zero-order valence-electron chi connectivity index (χ0n) is 16.1. The molecule has 0 spiro atoms. The van der Waals surface area contributed by atoms with Crippen molar-refractivity contribution in [3.63, 3.8) is 0 Å². The highest BCUT2D eigenvalue weighted by Gasteiger charge is 2.33. The van der Waals surface area contributed by atoms with Gasteiger partial charge in [0.2, 0.25) is 0 Å². The fourth-order valence-corrected chi connectivity index (χ4v) is 4.17. The first-order valence-electron chi connectivity index (χ1n) is 10.1. The van der Waals surface area contributed by atoms with Gasteiger partial charge in [-0.05, 0) is 30.5 Å². The van der Waals surface area contributed by atoms with E-state index in [1.807, 2.05) is 47.4 Å². The van der Waals surface area contributed by atoms with E-state index in [2.05, 4.69) is 16.3 Å². The van der Waals surface area contributed by atoms with Gasteiger partial charge in [0.25, 0.3) is 5.91 Å². The molecule has 2 aromatic carbocycles. The Morgan fingerprint density at radius 2 is 1.86 bits per heavy atom. The number of likely N-dealkylation sites (tertiary alicyclic amines) is 1. The molecule has 2 aliphatic heterocycles. The van der Waals surface area contributed by atoms with Crippen LogP contribution >= 0.6 is 0 Å². The van der Waals surface area contributed by atoms with Crippen LogP contribution in [0.25, 0.3) is 11.3 Å². The molecule has 6 nitrogen and oxygen atoms in total. The number of fused-ring (bicyclic) bond motifs is 1. The molecule has 0 bridgehead atoms. The second kappa shape index (κ2) is 7.62. The minimum Gasteiger partial charge on any atom is -0.490 e. The fraction of sp³-hybridized carbons (Fsp3) is 0.304. The van der Waals surface area contributed by atoms with Crippen molar-refractivity contribution in [1.82, 2.24) is 15.1 Å². The first-order valence-corrected chi connectivity index (χ1v) is 10.1. The third-order valence-electron chi connectivity index (χ3n) is 5.60. The molecular formula is C23H23N3O3. The topological polar surface area (TPSA) is 67.5 Å². The minimum atomic E-state index is 0.00668. The summed E-state index contributed by atoms with van der Waals surface area (Å²) in [6.07, 6.45) is 4.42. The van der Waals surface area contributed by atoms with Gasteiger partial charge in [0.05, 0.1) is 36.7 Å². The molecule has 0 saturated carbocycles. The number of hydrogen-bond donors (Lipinski definition) is 1. The van der Waals surface area contributed by atoms with Crippen LogP contribution in [0.5, 0.6) is 11.5 Å². The monoisotopic (exact) mass is 389 g/mol. The lowest BCUT2D eigenvalue weighted by molar-refractivity contribution is 0.0736. The van der Waals surface area contributed by atoms with E-state index in [4.69, 9.17) is 9.47 Å². The third-order valence-corrected chi connectivity index (χ3v) is 5.60. The second-order valence-corrected chi connectivity index (χ2v) is 7.44. The van der Waals surface area contributed by atoms with Crippen LogP contribution in [-0.4, -0.2) is 40.8 Å². The van der Waals surface area contributed by atoms with E-state index >= 15 is 0 Å². The van der Waals surface area contributed by atoms with Crippen LogP contribution in [0.1, 0.15) is 41.2 Å². The Hall–Kier alpha value is -3.28. The number of carbonyl (C=O) groups excluding carboxylic acids is 1. The normalized spacial score (nSPS) is 18.5. The van der Waals surface area contributed by atoms with Crippen molar-refractivity contribution in [3.05, 3.63) is 65.9 Å². The van der Waals surface area contributed by atoms with Gasteiger partial charge >= 0.3 is 0 Å². The molecule has 1 amide bonds. The molecule has 0 radical (unpaired) electrons. The minimum absolute atomic E-state index is 0.00668. The van der Waals surface area contributed by atoms with Gasteiger partial charge in [0.15, 0.2) is 11.5 Å². The zero-order valence-corrected chi connectivity index (χ0v) is 16.1. The van der Waals surface area contributed by atoms with E-state index in [0.717, 1.165) is 54.1 Å². The van der Waals surface area contributed by atoms with Crippen LogP contribution < -0.4 is 9.47 Å². The largest absolute Gasteiger partial charge is 0.490 e. The van der Waals surface area contributed by atoms with Gasteiger partial charge in [-0.2, -0.15) is 5.10 Å². The first-order chi connectivity index (χ1) is 14.3. The maximum absolute atomic E-state index is 13.4. The lowest BCUT2D eigenvalue weighted by Gasteiger charge is -2.25. The van der Waals surface area contributed by atoms with Crippen LogP contribution in [0.15, 0.2) is 54.7 Å². The van der Waals surface area contributed by atoms with Crippen molar-refractivity contribution in [2.75, 3.05) is 19.8 Å². The summed E-state index contributed by atoms with van der Waals surface area (Å²) in [5.74, 6) is 1.56. The summed E-state index contributed by atoms with van der Waals surface area (Å²) >= 11 is 0. The number of benzene rings is 2. The number of aromatic nitrogens is 2. The molecule has 148 valence electrons. The number of carbonyl (C=O) groups is 1. The van der Waals surface area contributed by atoms with E-state index in [-0.39, 0.29) is 11.9 Å². The molecule has 1 aromatic heterocycles. The number of nitrogens with one attached hydrogen (secondary N) is 1. The number of ether oxygens (including phenoxy) is 2. The predicted molar refractivity (Wildman–Crippen MR) is 109 cm³/mol. The fourth-order valence-electron chi connectivity index (χ4n) is 4.17. The highest BCUT2D eigenvalue weighted by atomic mass is 16.5.